The average molecular weight is 274 g/mol. The fourth-order valence-corrected chi connectivity index (χ4v) is 2.03. The highest BCUT2D eigenvalue weighted by Gasteiger charge is 2.15. The van der Waals surface area contributed by atoms with Gasteiger partial charge >= 0.3 is 5.97 Å². The number of furan rings is 1. The minimum absolute atomic E-state index is 0.0260. The molecule has 0 fully saturated rings. The van der Waals surface area contributed by atoms with Crippen LogP contribution in [0.25, 0.3) is 0 Å². The zero-order valence-electron chi connectivity index (χ0n) is 11.7. The molecule has 0 aliphatic carbocycles. The minimum Gasteiger partial charge on any atom is -0.475 e. The van der Waals surface area contributed by atoms with Gasteiger partial charge in [0.25, 0.3) is 0 Å². The molecule has 0 bridgehead atoms. The first kappa shape index (κ1) is 14.3. The first-order valence-corrected chi connectivity index (χ1v) is 6.47. The van der Waals surface area contributed by atoms with Crippen LogP contribution in [0, 0.1) is 6.92 Å². The van der Waals surface area contributed by atoms with E-state index in [-0.39, 0.29) is 5.76 Å². The van der Waals surface area contributed by atoms with Crippen molar-refractivity contribution in [2.75, 3.05) is 13.6 Å². The Hall–Kier alpha value is -2.14. The van der Waals surface area contributed by atoms with Crippen LogP contribution in [0.3, 0.4) is 0 Å². The molecule has 20 heavy (non-hydrogen) atoms. The molecule has 1 N–H and O–H groups in total. The lowest BCUT2D eigenvalue weighted by atomic mass is 10.2. The molecule has 2 rings (SSSR count). The van der Waals surface area contributed by atoms with Crippen molar-refractivity contribution in [3.8, 4) is 0 Å². The van der Waals surface area contributed by atoms with Gasteiger partial charge in [-0.2, -0.15) is 0 Å². The standard InChI is InChI=1S/C15H18N2O3/c1-11-9-13(20-14(11)15(18)19)10-17(2)8-6-12-5-3-4-7-16-12/h3-5,7,9H,6,8,10H2,1-2H3,(H,18,19). The van der Waals surface area contributed by atoms with Crippen LogP contribution in [0.4, 0.5) is 0 Å². The fourth-order valence-electron chi connectivity index (χ4n) is 2.03. The number of rotatable bonds is 6. The third-order valence-electron chi connectivity index (χ3n) is 3.06. The minimum atomic E-state index is -1.02. The Morgan fingerprint density at radius 1 is 1.45 bits per heavy atom. The fraction of sp³-hybridized carbons (Fsp3) is 0.333. The predicted molar refractivity (Wildman–Crippen MR) is 74.7 cm³/mol. The third-order valence-corrected chi connectivity index (χ3v) is 3.06. The molecule has 0 aliphatic rings. The first-order chi connectivity index (χ1) is 9.56. The molecule has 0 saturated heterocycles. The van der Waals surface area contributed by atoms with Crippen molar-refractivity contribution in [3.63, 3.8) is 0 Å². The average Bonchev–Trinajstić information content (AvgIpc) is 2.78. The van der Waals surface area contributed by atoms with E-state index in [4.69, 9.17) is 9.52 Å². The summed E-state index contributed by atoms with van der Waals surface area (Å²) in [5.41, 5.74) is 1.70. The monoisotopic (exact) mass is 274 g/mol. The van der Waals surface area contributed by atoms with Crippen LogP contribution in [0.15, 0.2) is 34.9 Å². The van der Waals surface area contributed by atoms with Crippen molar-refractivity contribution in [3.05, 3.63) is 53.2 Å². The molecule has 0 atom stereocenters. The van der Waals surface area contributed by atoms with Gasteiger partial charge < -0.3 is 9.52 Å². The summed E-state index contributed by atoms with van der Waals surface area (Å²) >= 11 is 0. The molecule has 0 amide bonds. The van der Waals surface area contributed by atoms with Gasteiger partial charge in [0.2, 0.25) is 5.76 Å². The summed E-state index contributed by atoms with van der Waals surface area (Å²) in [6.07, 6.45) is 2.63. The van der Waals surface area contributed by atoms with Gasteiger partial charge in [0.15, 0.2) is 0 Å². The molecule has 0 radical (unpaired) electrons. The number of pyridine rings is 1. The summed E-state index contributed by atoms with van der Waals surface area (Å²) in [7, 11) is 1.97. The van der Waals surface area contributed by atoms with E-state index in [1.807, 2.05) is 25.2 Å². The van der Waals surface area contributed by atoms with Gasteiger partial charge in [-0.15, -0.1) is 0 Å². The predicted octanol–water partition coefficient (Wildman–Crippen LogP) is 2.36. The van der Waals surface area contributed by atoms with Gasteiger partial charge in [-0.25, -0.2) is 4.79 Å². The van der Waals surface area contributed by atoms with Crippen LogP contribution in [-0.4, -0.2) is 34.6 Å². The number of likely N-dealkylation sites (N-methyl/N-ethyl adjacent to an activating group) is 1. The summed E-state index contributed by atoms with van der Waals surface area (Å²) in [6, 6.07) is 7.64. The van der Waals surface area contributed by atoms with Crippen LogP contribution in [0.5, 0.6) is 0 Å². The second-order valence-electron chi connectivity index (χ2n) is 4.84. The van der Waals surface area contributed by atoms with Crippen molar-refractivity contribution in [2.24, 2.45) is 0 Å². The zero-order chi connectivity index (χ0) is 14.5. The van der Waals surface area contributed by atoms with Crippen molar-refractivity contribution >= 4 is 5.97 Å². The highest BCUT2D eigenvalue weighted by atomic mass is 16.4. The summed E-state index contributed by atoms with van der Waals surface area (Å²) in [5.74, 6) is -0.327. The summed E-state index contributed by atoms with van der Waals surface area (Å²) in [4.78, 5) is 17.3. The summed E-state index contributed by atoms with van der Waals surface area (Å²) in [6.45, 7) is 3.16. The number of aromatic carboxylic acids is 1. The second-order valence-corrected chi connectivity index (χ2v) is 4.84. The number of carboxylic acids is 1. The molecule has 5 nitrogen and oxygen atoms in total. The zero-order valence-corrected chi connectivity index (χ0v) is 11.7. The Bertz CT molecular complexity index is 578. The molecule has 2 aromatic heterocycles. The molecule has 106 valence electrons. The number of nitrogens with zero attached hydrogens (tertiary/aromatic N) is 2. The van der Waals surface area contributed by atoms with Crippen LogP contribution in [0.1, 0.15) is 27.6 Å². The van der Waals surface area contributed by atoms with Gasteiger partial charge in [-0.3, -0.25) is 9.88 Å². The summed E-state index contributed by atoms with van der Waals surface area (Å²) < 4.78 is 5.34. The van der Waals surface area contributed by atoms with E-state index in [2.05, 4.69) is 9.88 Å². The third kappa shape index (κ3) is 3.68. The van der Waals surface area contributed by atoms with E-state index in [1.54, 1.807) is 19.2 Å². The number of carbonyl (C=O) groups is 1. The van der Waals surface area contributed by atoms with Crippen molar-refractivity contribution in [1.29, 1.82) is 0 Å². The molecule has 0 spiro atoms. The van der Waals surface area contributed by atoms with Gasteiger partial charge in [-0.05, 0) is 32.2 Å². The van der Waals surface area contributed by atoms with E-state index >= 15 is 0 Å². The Morgan fingerprint density at radius 2 is 2.25 bits per heavy atom. The van der Waals surface area contributed by atoms with Gasteiger partial charge in [0, 0.05) is 30.4 Å². The maximum Gasteiger partial charge on any atom is 0.372 e. The Morgan fingerprint density at radius 3 is 2.85 bits per heavy atom. The number of carboxylic acid groups (broad SMARTS) is 1. The number of aryl methyl sites for hydroxylation is 1. The molecule has 0 aliphatic heterocycles. The van der Waals surface area contributed by atoms with Gasteiger partial charge in [0.1, 0.15) is 5.76 Å². The van der Waals surface area contributed by atoms with E-state index in [0.717, 1.165) is 18.7 Å². The maximum atomic E-state index is 10.9. The van der Waals surface area contributed by atoms with E-state index in [9.17, 15) is 4.79 Å². The Labute approximate surface area is 117 Å². The molecule has 0 unspecified atom stereocenters. The normalized spacial score (nSPS) is 10.9. The number of aromatic nitrogens is 1. The van der Waals surface area contributed by atoms with Crippen LogP contribution < -0.4 is 0 Å². The Balaban J connectivity index is 1.90. The molecule has 2 aromatic rings. The van der Waals surface area contributed by atoms with E-state index in [1.165, 1.54) is 0 Å². The highest BCUT2D eigenvalue weighted by Crippen LogP contribution is 2.16. The molecule has 2 heterocycles. The second kappa shape index (κ2) is 6.34. The highest BCUT2D eigenvalue weighted by molar-refractivity contribution is 5.86. The topological polar surface area (TPSA) is 66.6 Å². The Kier molecular flexibility index (Phi) is 4.53. The van der Waals surface area contributed by atoms with Gasteiger partial charge in [0.05, 0.1) is 6.54 Å². The molecule has 5 heteroatoms. The smallest absolute Gasteiger partial charge is 0.372 e. The van der Waals surface area contributed by atoms with E-state index in [0.29, 0.717) is 17.9 Å². The molecule has 0 aromatic carbocycles. The lowest BCUT2D eigenvalue weighted by Gasteiger charge is -2.14. The SMILES string of the molecule is Cc1cc(CN(C)CCc2ccccn2)oc1C(=O)O. The van der Waals surface area contributed by atoms with Gasteiger partial charge in [-0.1, -0.05) is 6.07 Å². The van der Waals surface area contributed by atoms with Crippen molar-refractivity contribution in [1.82, 2.24) is 9.88 Å². The van der Waals surface area contributed by atoms with Crippen LogP contribution in [-0.2, 0) is 13.0 Å². The number of hydrogen-bond acceptors (Lipinski definition) is 4. The number of hydrogen-bond donors (Lipinski definition) is 1. The van der Waals surface area contributed by atoms with Crippen molar-refractivity contribution in [2.45, 2.75) is 19.9 Å². The molecular weight excluding hydrogens is 256 g/mol. The lowest BCUT2D eigenvalue weighted by molar-refractivity contribution is 0.0657. The van der Waals surface area contributed by atoms with Crippen molar-refractivity contribution < 1.29 is 14.3 Å². The lowest BCUT2D eigenvalue weighted by Crippen LogP contribution is -2.20. The summed E-state index contributed by atoms with van der Waals surface area (Å²) in [5, 5.41) is 8.95. The largest absolute Gasteiger partial charge is 0.475 e. The van der Waals surface area contributed by atoms with Crippen LogP contribution >= 0.6 is 0 Å². The molecule has 0 saturated carbocycles. The maximum absolute atomic E-state index is 10.9. The van der Waals surface area contributed by atoms with Crippen LogP contribution in [0.2, 0.25) is 0 Å². The first-order valence-electron chi connectivity index (χ1n) is 6.47. The molecular formula is C15H18N2O3. The quantitative estimate of drug-likeness (QED) is 0.876. The van der Waals surface area contributed by atoms with E-state index < -0.39 is 5.97 Å².